The number of nitrogens with zero attached hydrogens (tertiary/aromatic N) is 1. The zero-order chi connectivity index (χ0) is 21.1. The first kappa shape index (κ1) is 20.1. The molecule has 1 aromatic heterocycles. The smallest absolute Gasteiger partial charge is 0.257 e. The Bertz CT molecular complexity index is 1320. The normalized spacial score (nSPS) is 11.4. The van der Waals surface area contributed by atoms with Crippen LogP contribution in [-0.2, 0) is 15.6 Å². The molecule has 0 aliphatic heterocycles. The maximum absolute atomic E-state index is 12.9. The molecule has 0 aliphatic rings. The van der Waals surface area contributed by atoms with E-state index in [2.05, 4.69) is 10.3 Å². The van der Waals surface area contributed by atoms with Gasteiger partial charge in [-0.2, -0.15) is 0 Å². The lowest BCUT2D eigenvalue weighted by Gasteiger charge is -2.10. The predicted octanol–water partition coefficient (Wildman–Crippen LogP) is 4.53. The number of thiazole rings is 1. The van der Waals surface area contributed by atoms with E-state index in [1.165, 1.54) is 11.3 Å². The summed E-state index contributed by atoms with van der Waals surface area (Å²) in [5.74, 6) is -0.0562. The number of carbonyl (C=O) groups is 1. The van der Waals surface area contributed by atoms with Gasteiger partial charge >= 0.3 is 0 Å². The summed E-state index contributed by atoms with van der Waals surface area (Å²) in [5, 5.41) is 3.20. The number of methoxy groups -OCH3 is 1. The number of para-hydroxylation sites is 1. The average molecular weight is 439 g/mol. The molecule has 0 bridgehead atoms. The van der Waals surface area contributed by atoms with Gasteiger partial charge in [0.15, 0.2) is 15.0 Å². The van der Waals surface area contributed by atoms with Gasteiger partial charge in [0.1, 0.15) is 11.3 Å². The lowest BCUT2D eigenvalue weighted by molar-refractivity contribution is 0.102. The molecule has 30 heavy (non-hydrogen) atoms. The summed E-state index contributed by atoms with van der Waals surface area (Å²) in [4.78, 5) is 17.6. The van der Waals surface area contributed by atoms with Crippen LogP contribution >= 0.6 is 11.3 Å². The first-order valence-electron chi connectivity index (χ1n) is 9.08. The van der Waals surface area contributed by atoms with Crippen molar-refractivity contribution < 1.29 is 17.9 Å². The molecule has 4 rings (SSSR count). The Balaban J connectivity index is 1.62. The maximum Gasteiger partial charge on any atom is 0.257 e. The zero-order valence-electron chi connectivity index (χ0n) is 16.0. The van der Waals surface area contributed by atoms with Crippen molar-refractivity contribution in [2.45, 2.75) is 10.6 Å². The molecular formula is C22H18N2O4S2. The number of nitrogens with one attached hydrogen (secondary N) is 1. The van der Waals surface area contributed by atoms with Crippen molar-refractivity contribution in [3.63, 3.8) is 0 Å². The van der Waals surface area contributed by atoms with E-state index >= 15 is 0 Å². The monoisotopic (exact) mass is 438 g/mol. The average Bonchev–Trinajstić information content (AvgIpc) is 3.17. The molecule has 0 fully saturated rings. The van der Waals surface area contributed by atoms with Crippen LogP contribution in [0.25, 0.3) is 10.2 Å². The second-order valence-electron chi connectivity index (χ2n) is 6.51. The van der Waals surface area contributed by atoms with Gasteiger partial charge in [-0.3, -0.25) is 10.1 Å². The standard InChI is InChI=1S/C22H18N2O4S2/c1-28-18-12-7-13-19-20(18)23-22(29-19)24-21(25)17-11-6-5-8-15(17)14-30(26,27)16-9-3-2-4-10-16/h2-13H,14H2,1H3,(H,23,24,25). The number of sulfone groups is 1. The van der Waals surface area contributed by atoms with Crippen LogP contribution < -0.4 is 10.1 Å². The number of ether oxygens (including phenoxy) is 1. The summed E-state index contributed by atoms with van der Waals surface area (Å²) in [7, 11) is -2.02. The molecule has 0 saturated carbocycles. The summed E-state index contributed by atoms with van der Waals surface area (Å²) in [6.45, 7) is 0. The quantitative estimate of drug-likeness (QED) is 0.478. The highest BCUT2D eigenvalue weighted by Gasteiger charge is 2.20. The summed E-state index contributed by atoms with van der Waals surface area (Å²) in [6, 6.07) is 20.4. The van der Waals surface area contributed by atoms with E-state index in [4.69, 9.17) is 4.74 Å². The second kappa shape index (κ2) is 8.25. The zero-order valence-corrected chi connectivity index (χ0v) is 17.7. The highest BCUT2D eigenvalue weighted by atomic mass is 32.2. The minimum atomic E-state index is -3.58. The number of carbonyl (C=O) groups excluding carboxylic acids is 1. The van der Waals surface area contributed by atoms with Crippen LogP contribution in [0.3, 0.4) is 0 Å². The molecule has 0 aliphatic carbocycles. The minimum absolute atomic E-state index is 0.221. The number of amides is 1. The fourth-order valence-electron chi connectivity index (χ4n) is 3.09. The molecule has 1 amide bonds. The van der Waals surface area contributed by atoms with E-state index in [1.807, 2.05) is 12.1 Å². The molecular weight excluding hydrogens is 420 g/mol. The van der Waals surface area contributed by atoms with Crippen LogP contribution in [-0.4, -0.2) is 26.4 Å². The number of aromatic nitrogens is 1. The molecule has 0 atom stereocenters. The van der Waals surface area contributed by atoms with Crippen molar-refractivity contribution in [2.24, 2.45) is 0 Å². The Morgan fingerprint density at radius 3 is 2.50 bits per heavy atom. The summed E-state index contributed by atoms with van der Waals surface area (Å²) in [5.41, 5.74) is 1.39. The Labute approximate surface area is 178 Å². The van der Waals surface area contributed by atoms with Gasteiger partial charge in [-0.15, -0.1) is 0 Å². The van der Waals surface area contributed by atoms with E-state index < -0.39 is 15.7 Å². The molecule has 0 radical (unpaired) electrons. The number of hydrogen-bond donors (Lipinski definition) is 1. The summed E-state index contributed by atoms with van der Waals surface area (Å²) < 4.78 is 31.7. The third kappa shape index (κ3) is 4.05. The van der Waals surface area contributed by atoms with Gasteiger partial charge in [-0.05, 0) is 35.9 Å². The molecule has 0 spiro atoms. The first-order chi connectivity index (χ1) is 14.5. The Kier molecular flexibility index (Phi) is 5.52. The SMILES string of the molecule is COc1cccc2sc(NC(=O)c3ccccc3CS(=O)(=O)c3ccccc3)nc12. The van der Waals surface area contributed by atoms with Crippen molar-refractivity contribution in [3.8, 4) is 5.75 Å². The number of hydrogen-bond acceptors (Lipinski definition) is 6. The number of fused-ring (bicyclic) bond motifs is 1. The molecule has 8 heteroatoms. The molecule has 1 N–H and O–H groups in total. The highest BCUT2D eigenvalue weighted by Crippen LogP contribution is 2.32. The topological polar surface area (TPSA) is 85.4 Å². The fraction of sp³-hybridized carbons (Fsp3) is 0.0909. The van der Waals surface area contributed by atoms with Crippen LogP contribution in [0.5, 0.6) is 5.75 Å². The van der Waals surface area contributed by atoms with Crippen LogP contribution in [0, 0.1) is 0 Å². The second-order valence-corrected chi connectivity index (χ2v) is 9.53. The van der Waals surface area contributed by atoms with Crippen LogP contribution in [0.1, 0.15) is 15.9 Å². The van der Waals surface area contributed by atoms with Crippen molar-refractivity contribution >= 4 is 42.4 Å². The molecule has 3 aromatic carbocycles. The molecule has 152 valence electrons. The third-order valence-electron chi connectivity index (χ3n) is 4.53. The molecule has 4 aromatic rings. The number of benzene rings is 3. The van der Waals surface area contributed by atoms with E-state index in [0.29, 0.717) is 27.5 Å². The van der Waals surface area contributed by atoms with E-state index in [1.54, 1.807) is 67.8 Å². The molecule has 1 heterocycles. The number of anilines is 1. The maximum atomic E-state index is 12.9. The largest absolute Gasteiger partial charge is 0.494 e. The van der Waals surface area contributed by atoms with E-state index in [9.17, 15) is 13.2 Å². The Hall–Kier alpha value is -3.23. The van der Waals surface area contributed by atoms with Gasteiger partial charge in [0.05, 0.1) is 22.5 Å². The van der Waals surface area contributed by atoms with Crippen LogP contribution in [0.2, 0.25) is 0 Å². The molecule has 0 unspecified atom stereocenters. The lowest BCUT2D eigenvalue weighted by Crippen LogP contribution is -2.16. The van der Waals surface area contributed by atoms with Gasteiger partial charge < -0.3 is 4.74 Å². The Morgan fingerprint density at radius 2 is 1.73 bits per heavy atom. The lowest BCUT2D eigenvalue weighted by atomic mass is 10.1. The van der Waals surface area contributed by atoms with Crippen molar-refractivity contribution in [1.82, 2.24) is 4.98 Å². The minimum Gasteiger partial charge on any atom is -0.494 e. The molecule has 6 nitrogen and oxygen atoms in total. The van der Waals surface area contributed by atoms with Crippen molar-refractivity contribution in [3.05, 3.63) is 83.9 Å². The van der Waals surface area contributed by atoms with E-state index in [0.717, 1.165) is 4.70 Å². The summed E-state index contributed by atoms with van der Waals surface area (Å²) in [6.07, 6.45) is 0. The summed E-state index contributed by atoms with van der Waals surface area (Å²) >= 11 is 1.32. The van der Waals surface area contributed by atoms with E-state index in [-0.39, 0.29) is 10.6 Å². The van der Waals surface area contributed by atoms with Gasteiger partial charge in [0, 0.05) is 5.56 Å². The first-order valence-corrected chi connectivity index (χ1v) is 11.6. The van der Waals surface area contributed by atoms with Gasteiger partial charge in [-0.25, -0.2) is 13.4 Å². The van der Waals surface area contributed by atoms with Crippen LogP contribution in [0.15, 0.2) is 77.7 Å². The Morgan fingerprint density at radius 1 is 1.00 bits per heavy atom. The predicted molar refractivity (Wildman–Crippen MR) is 118 cm³/mol. The molecule has 0 saturated heterocycles. The fourth-order valence-corrected chi connectivity index (χ4v) is 5.37. The van der Waals surface area contributed by atoms with Gasteiger partial charge in [0.25, 0.3) is 5.91 Å². The van der Waals surface area contributed by atoms with Crippen molar-refractivity contribution in [2.75, 3.05) is 12.4 Å². The highest BCUT2D eigenvalue weighted by molar-refractivity contribution is 7.90. The van der Waals surface area contributed by atoms with Gasteiger partial charge in [0.2, 0.25) is 0 Å². The van der Waals surface area contributed by atoms with Crippen LogP contribution in [0.4, 0.5) is 5.13 Å². The number of rotatable bonds is 6. The van der Waals surface area contributed by atoms with Gasteiger partial charge in [-0.1, -0.05) is 53.8 Å². The van der Waals surface area contributed by atoms with Crippen molar-refractivity contribution in [1.29, 1.82) is 0 Å². The third-order valence-corrected chi connectivity index (χ3v) is 7.15.